The molecule has 1 atom stereocenters. The first kappa shape index (κ1) is 13.3. The minimum atomic E-state index is -1.44. The molecule has 0 radical (unpaired) electrons. The zero-order valence-corrected chi connectivity index (χ0v) is 10.9. The van der Waals surface area contributed by atoms with Crippen LogP contribution in [0.5, 0.6) is 0 Å². The van der Waals surface area contributed by atoms with Gasteiger partial charge in [0.15, 0.2) is 0 Å². The van der Waals surface area contributed by atoms with Crippen molar-refractivity contribution in [2.75, 3.05) is 0 Å². The van der Waals surface area contributed by atoms with Crippen LogP contribution >= 0.6 is 11.3 Å². The maximum atomic E-state index is 11.1. The van der Waals surface area contributed by atoms with Gasteiger partial charge in [-0.15, -0.1) is 11.3 Å². The first-order valence-corrected chi connectivity index (χ1v) is 6.39. The average molecular weight is 273 g/mol. The molecule has 0 fully saturated rings. The summed E-state index contributed by atoms with van der Waals surface area (Å²) >= 11 is 1.18. The maximum absolute atomic E-state index is 11.1. The second-order valence-corrected chi connectivity index (χ2v) is 5.15. The van der Waals surface area contributed by atoms with Crippen molar-refractivity contribution in [2.24, 2.45) is 0 Å². The summed E-state index contributed by atoms with van der Waals surface area (Å²) in [6.07, 6.45) is 0. The molecule has 2 rings (SSSR count). The predicted octanol–water partition coefficient (Wildman–Crippen LogP) is 2.57. The Kier molecular flexibility index (Phi) is 3.38. The Morgan fingerprint density at radius 3 is 2.79 bits per heavy atom. The molecule has 2 aromatic rings. The number of thiophene rings is 1. The van der Waals surface area contributed by atoms with Gasteiger partial charge in [0.25, 0.3) is 0 Å². The molecule has 0 aliphatic heterocycles. The summed E-state index contributed by atoms with van der Waals surface area (Å²) in [5, 5.41) is 30.2. The molecule has 2 N–H and O–H groups in total. The van der Waals surface area contributed by atoms with Crippen LogP contribution in [0.4, 0.5) is 0 Å². The number of nitriles is 1. The van der Waals surface area contributed by atoms with Crippen LogP contribution in [0.3, 0.4) is 0 Å². The standard InChI is InChI=1S/C14H11NO3S/c1-14(18,10-4-2-3-9(7-10)8-15)12-11(13(16)17)5-6-19-12/h2-7,18H,1H3,(H,16,17). The van der Waals surface area contributed by atoms with E-state index in [1.165, 1.54) is 24.3 Å². The summed E-state index contributed by atoms with van der Waals surface area (Å²) in [4.78, 5) is 11.5. The van der Waals surface area contributed by atoms with E-state index in [0.29, 0.717) is 16.0 Å². The second-order valence-electron chi connectivity index (χ2n) is 4.23. The monoisotopic (exact) mass is 273 g/mol. The molecule has 1 heterocycles. The largest absolute Gasteiger partial charge is 0.478 e. The van der Waals surface area contributed by atoms with E-state index in [9.17, 15) is 9.90 Å². The van der Waals surface area contributed by atoms with Crippen LogP contribution in [0.2, 0.25) is 0 Å². The van der Waals surface area contributed by atoms with Gasteiger partial charge >= 0.3 is 5.97 Å². The van der Waals surface area contributed by atoms with E-state index < -0.39 is 11.6 Å². The van der Waals surface area contributed by atoms with E-state index in [2.05, 4.69) is 0 Å². The number of benzene rings is 1. The minimum absolute atomic E-state index is 0.0809. The summed E-state index contributed by atoms with van der Waals surface area (Å²) in [5.41, 5.74) is -0.436. The lowest BCUT2D eigenvalue weighted by atomic mass is 9.91. The number of rotatable bonds is 3. The lowest BCUT2D eigenvalue weighted by Crippen LogP contribution is -2.24. The molecule has 4 nitrogen and oxygen atoms in total. The van der Waals surface area contributed by atoms with Crippen molar-refractivity contribution >= 4 is 17.3 Å². The highest BCUT2D eigenvalue weighted by Gasteiger charge is 2.31. The highest BCUT2D eigenvalue weighted by molar-refractivity contribution is 7.10. The summed E-state index contributed by atoms with van der Waals surface area (Å²) in [6, 6.07) is 9.99. The fourth-order valence-electron chi connectivity index (χ4n) is 1.88. The second kappa shape index (κ2) is 4.84. The van der Waals surface area contributed by atoms with E-state index in [4.69, 9.17) is 10.4 Å². The lowest BCUT2D eigenvalue weighted by molar-refractivity contribution is 0.0674. The topological polar surface area (TPSA) is 81.3 Å². The normalized spacial score (nSPS) is 13.5. The number of carboxylic acids is 1. The Balaban J connectivity index is 2.55. The van der Waals surface area contributed by atoms with Gasteiger partial charge in [0.1, 0.15) is 5.60 Å². The third-order valence-electron chi connectivity index (χ3n) is 2.89. The van der Waals surface area contributed by atoms with E-state index >= 15 is 0 Å². The van der Waals surface area contributed by atoms with Gasteiger partial charge in [0, 0.05) is 0 Å². The van der Waals surface area contributed by atoms with Crippen molar-refractivity contribution in [3.63, 3.8) is 0 Å². The van der Waals surface area contributed by atoms with Crippen LogP contribution in [0.15, 0.2) is 35.7 Å². The van der Waals surface area contributed by atoms with Crippen molar-refractivity contribution in [1.29, 1.82) is 5.26 Å². The zero-order valence-electron chi connectivity index (χ0n) is 10.1. The fourth-order valence-corrected chi connectivity index (χ4v) is 2.85. The van der Waals surface area contributed by atoms with Crippen molar-refractivity contribution in [2.45, 2.75) is 12.5 Å². The van der Waals surface area contributed by atoms with E-state index in [1.807, 2.05) is 6.07 Å². The lowest BCUT2D eigenvalue weighted by Gasteiger charge is -2.23. The third-order valence-corrected chi connectivity index (χ3v) is 4.02. The van der Waals surface area contributed by atoms with E-state index in [0.717, 1.165) is 0 Å². The van der Waals surface area contributed by atoms with Gasteiger partial charge < -0.3 is 10.2 Å². The van der Waals surface area contributed by atoms with Gasteiger partial charge in [0.05, 0.1) is 22.1 Å². The van der Waals surface area contributed by atoms with Gasteiger partial charge in [0.2, 0.25) is 0 Å². The van der Waals surface area contributed by atoms with Crippen molar-refractivity contribution in [3.8, 4) is 6.07 Å². The van der Waals surface area contributed by atoms with Crippen molar-refractivity contribution < 1.29 is 15.0 Å². The number of carboxylic acid groups (broad SMARTS) is 1. The minimum Gasteiger partial charge on any atom is -0.478 e. The Hall–Kier alpha value is -2.16. The Labute approximate surface area is 114 Å². The van der Waals surface area contributed by atoms with Crippen LogP contribution in [0.1, 0.15) is 33.3 Å². The van der Waals surface area contributed by atoms with Gasteiger partial charge in [-0.25, -0.2) is 4.79 Å². The maximum Gasteiger partial charge on any atom is 0.336 e. The molecule has 1 unspecified atom stereocenters. The fraction of sp³-hybridized carbons (Fsp3) is 0.143. The Morgan fingerprint density at radius 1 is 1.42 bits per heavy atom. The zero-order chi connectivity index (χ0) is 14.0. The van der Waals surface area contributed by atoms with E-state index in [1.54, 1.807) is 29.6 Å². The SMILES string of the molecule is CC(O)(c1cccc(C#N)c1)c1sccc1C(=O)O. The summed E-state index contributed by atoms with van der Waals surface area (Å²) in [6.45, 7) is 1.53. The van der Waals surface area contributed by atoms with E-state index in [-0.39, 0.29) is 5.56 Å². The molecular formula is C14H11NO3S. The quantitative estimate of drug-likeness (QED) is 0.900. The average Bonchev–Trinajstić information content (AvgIpc) is 2.89. The highest BCUT2D eigenvalue weighted by atomic mass is 32.1. The van der Waals surface area contributed by atoms with Crippen LogP contribution in [0, 0.1) is 11.3 Å². The third kappa shape index (κ3) is 2.36. The van der Waals surface area contributed by atoms with Crippen molar-refractivity contribution in [3.05, 3.63) is 57.3 Å². The molecule has 0 saturated heterocycles. The van der Waals surface area contributed by atoms with Gasteiger partial charge in [-0.3, -0.25) is 0 Å². The summed E-state index contributed by atoms with van der Waals surface area (Å²) in [7, 11) is 0. The molecule has 1 aromatic heterocycles. The molecular weight excluding hydrogens is 262 g/mol. The number of aliphatic hydroxyl groups is 1. The van der Waals surface area contributed by atoms with Gasteiger partial charge in [-0.1, -0.05) is 12.1 Å². The summed E-state index contributed by atoms with van der Waals surface area (Å²) < 4.78 is 0. The molecule has 0 aliphatic carbocycles. The number of nitrogens with zero attached hydrogens (tertiary/aromatic N) is 1. The molecule has 96 valence electrons. The number of aromatic carboxylic acids is 1. The van der Waals surface area contributed by atoms with Gasteiger partial charge in [-0.2, -0.15) is 5.26 Å². The molecule has 0 spiro atoms. The molecule has 5 heteroatoms. The molecule has 1 aromatic carbocycles. The number of hydrogen-bond acceptors (Lipinski definition) is 4. The molecule has 19 heavy (non-hydrogen) atoms. The summed E-state index contributed by atoms with van der Waals surface area (Å²) in [5.74, 6) is -1.08. The van der Waals surface area contributed by atoms with Crippen LogP contribution < -0.4 is 0 Å². The Morgan fingerprint density at radius 2 is 2.16 bits per heavy atom. The van der Waals surface area contributed by atoms with Gasteiger partial charge in [-0.05, 0) is 36.1 Å². The number of hydrogen-bond donors (Lipinski definition) is 2. The predicted molar refractivity (Wildman–Crippen MR) is 71.1 cm³/mol. The first-order chi connectivity index (χ1) is 8.96. The molecule has 0 aliphatic rings. The first-order valence-electron chi connectivity index (χ1n) is 5.51. The highest BCUT2D eigenvalue weighted by Crippen LogP contribution is 2.35. The molecule has 0 saturated carbocycles. The smallest absolute Gasteiger partial charge is 0.336 e. The molecule has 0 amide bonds. The van der Waals surface area contributed by atoms with Crippen LogP contribution in [0.25, 0.3) is 0 Å². The number of carbonyl (C=O) groups is 1. The van der Waals surface area contributed by atoms with Crippen LogP contribution in [-0.2, 0) is 5.60 Å². The molecule has 0 bridgehead atoms. The Bertz CT molecular complexity index is 667. The van der Waals surface area contributed by atoms with Crippen LogP contribution in [-0.4, -0.2) is 16.2 Å². The van der Waals surface area contributed by atoms with Crippen molar-refractivity contribution in [1.82, 2.24) is 0 Å².